The Morgan fingerprint density at radius 1 is 0.414 bits per heavy atom. The number of hydrogen-bond acceptors (Lipinski definition) is 21. The van der Waals surface area contributed by atoms with Crippen molar-refractivity contribution >= 4 is 154 Å². The molecule has 0 bridgehead atoms. The van der Waals surface area contributed by atoms with Crippen LogP contribution in [0, 0.1) is 13.8 Å². The molecular formula is C92H74Br2Cl5N25O9. The molecule has 0 atom stereocenters. The number of halogens is 7. The number of H-pyrrole nitrogens is 2. The first-order valence-corrected chi connectivity index (χ1v) is 43.1. The molecule has 34 nitrogen and oxygen atoms in total. The van der Waals surface area contributed by atoms with Gasteiger partial charge in [-0.3, -0.25) is 53.7 Å². The van der Waals surface area contributed by atoms with Gasteiger partial charge >= 0.3 is 5.97 Å². The number of aryl methyl sites for hydroxylation is 2. The third-order valence-corrected chi connectivity index (χ3v) is 22.2. The summed E-state index contributed by atoms with van der Waals surface area (Å²) in [5, 5.41) is 52.0. The van der Waals surface area contributed by atoms with E-state index in [1.807, 2.05) is 86.8 Å². The van der Waals surface area contributed by atoms with Gasteiger partial charge in [-0.1, -0.05) is 149 Å². The highest BCUT2D eigenvalue weighted by molar-refractivity contribution is 9.11. The van der Waals surface area contributed by atoms with Crippen molar-refractivity contribution in [3.8, 4) is 107 Å². The lowest BCUT2D eigenvalue weighted by atomic mass is 10.0. The van der Waals surface area contributed by atoms with Crippen molar-refractivity contribution < 1.29 is 43.5 Å². The third kappa shape index (κ3) is 23.4. The zero-order valence-electron chi connectivity index (χ0n) is 71.0. The van der Waals surface area contributed by atoms with Crippen LogP contribution in [-0.2, 0) is 36.8 Å². The van der Waals surface area contributed by atoms with E-state index in [9.17, 15) is 43.5 Å². The van der Waals surface area contributed by atoms with Crippen molar-refractivity contribution in [2.45, 2.75) is 61.3 Å². The minimum atomic E-state index is -1.10. The van der Waals surface area contributed by atoms with E-state index in [1.54, 1.807) is 161 Å². The summed E-state index contributed by atoms with van der Waals surface area (Å²) in [5.74, 6) is -0.534. The van der Waals surface area contributed by atoms with Crippen molar-refractivity contribution in [2.75, 3.05) is 16.0 Å². The number of aromatic amines is 2. The van der Waals surface area contributed by atoms with Crippen LogP contribution in [0.5, 0.6) is 0 Å². The highest BCUT2D eigenvalue weighted by Crippen LogP contribution is 2.43. The van der Waals surface area contributed by atoms with E-state index in [1.165, 1.54) is 62.8 Å². The van der Waals surface area contributed by atoms with Crippen molar-refractivity contribution in [3.63, 3.8) is 0 Å². The van der Waals surface area contributed by atoms with Crippen molar-refractivity contribution in [3.05, 3.63) is 312 Å². The minimum Gasteiger partial charge on any atom is -0.478 e. The fourth-order valence-corrected chi connectivity index (χ4v) is 15.5. The number of amides is 5. The lowest BCUT2D eigenvalue weighted by Gasteiger charge is -2.09. The molecule has 0 unspecified atom stereocenters. The number of Topliss-reactive ketones (excluding diaryl/α,β-unsaturated/α-hetero) is 2. The maximum absolute atomic E-state index is 11.9. The second-order valence-corrected chi connectivity index (χ2v) is 32.7. The highest BCUT2D eigenvalue weighted by atomic mass is 79.9. The van der Waals surface area contributed by atoms with E-state index in [-0.39, 0.29) is 59.1 Å². The van der Waals surface area contributed by atoms with Crippen LogP contribution >= 0.6 is 89.9 Å². The maximum atomic E-state index is 11.9. The SMILES string of the molecule is CC(=O)Cc1cc(-n2cc(-c3ccccc3Cl)c(C(N)=O)n2)ccn1.CC(=O)Cc1cc(-n2cc(C(=O)O)c(-c3ccccc3Cl)n2)c(C)cn1.CC(=O)Nc1cc(-n2cc(-c3ncn[nH]3)c(-c3ccccc3Cl)n2)c(C)cn1.CC(=O)Nc1cc(-n2cc(C(N)=O)c(-c3ccccc3Cl)c2)ccn1.CC(=O)Nc1cc(-n2nc(-c3ccccc3Cl)c(-c3ncn[nH]3)c2Br)c(Br)cn1. The highest BCUT2D eigenvalue weighted by Gasteiger charge is 2.28. The fraction of sp³-hybridized carbons (Fsp3) is 0.0978. The van der Waals surface area contributed by atoms with Crippen LogP contribution in [0.1, 0.15) is 88.3 Å². The first-order chi connectivity index (χ1) is 63.7. The lowest BCUT2D eigenvalue weighted by Crippen LogP contribution is -2.13. The zero-order chi connectivity index (χ0) is 95.0. The molecular weight excluding hydrogens is 1940 g/mol. The molecule has 41 heteroatoms. The van der Waals surface area contributed by atoms with Gasteiger partial charge in [0.25, 0.3) is 11.8 Å². The maximum Gasteiger partial charge on any atom is 0.339 e. The second kappa shape index (κ2) is 43.0. The average Bonchev–Trinajstić information content (AvgIpc) is 1.61. The second-order valence-electron chi connectivity index (χ2n) is 29.1. The van der Waals surface area contributed by atoms with Crippen molar-refractivity contribution in [1.29, 1.82) is 0 Å². The summed E-state index contributed by atoms with van der Waals surface area (Å²) in [4.78, 5) is 121. The molecule has 12 aromatic heterocycles. The van der Waals surface area contributed by atoms with Gasteiger partial charge in [0.2, 0.25) is 17.7 Å². The Bertz CT molecular complexity index is 7120. The van der Waals surface area contributed by atoms with Crippen LogP contribution in [0.15, 0.2) is 247 Å². The fourth-order valence-electron chi connectivity index (χ4n) is 13.3. The van der Waals surface area contributed by atoms with Crippen LogP contribution in [0.3, 0.4) is 0 Å². The number of hydrogen-bond donors (Lipinski definition) is 8. The van der Waals surface area contributed by atoms with Crippen LogP contribution < -0.4 is 27.4 Å². The van der Waals surface area contributed by atoms with Crippen molar-refractivity contribution in [2.24, 2.45) is 11.5 Å². The van der Waals surface area contributed by atoms with Gasteiger partial charge in [0.15, 0.2) is 17.3 Å². The van der Waals surface area contributed by atoms with E-state index in [0.717, 1.165) is 39.2 Å². The lowest BCUT2D eigenvalue weighted by molar-refractivity contribution is -0.117. The number of anilines is 3. The van der Waals surface area contributed by atoms with Gasteiger partial charge in [-0.25, -0.2) is 48.4 Å². The molecule has 12 heterocycles. The average molecular weight is 2010 g/mol. The van der Waals surface area contributed by atoms with Crippen LogP contribution in [-0.4, -0.2) is 151 Å². The van der Waals surface area contributed by atoms with E-state index in [4.69, 9.17) is 79.7 Å². The third-order valence-electron chi connectivity index (χ3n) is 19.2. The number of carboxylic acids is 1. The van der Waals surface area contributed by atoms with Gasteiger partial charge in [-0.2, -0.15) is 30.6 Å². The Balaban J connectivity index is 0.000000141. The summed E-state index contributed by atoms with van der Waals surface area (Å²) < 4.78 is 9.47. The number of rotatable bonds is 22. The first-order valence-electron chi connectivity index (χ1n) is 39.7. The Kier molecular flexibility index (Phi) is 30.9. The quantitative estimate of drug-likeness (QED) is 0.0312. The monoisotopic (exact) mass is 2010 g/mol. The molecule has 0 aliphatic carbocycles. The number of nitrogens with one attached hydrogen (secondary N) is 5. The van der Waals surface area contributed by atoms with Gasteiger partial charge in [0, 0.05) is 174 Å². The largest absolute Gasteiger partial charge is 0.478 e. The Morgan fingerprint density at radius 2 is 0.872 bits per heavy atom. The van der Waals surface area contributed by atoms with Gasteiger partial charge < -0.3 is 37.1 Å². The predicted molar refractivity (Wildman–Crippen MR) is 513 cm³/mol. The van der Waals surface area contributed by atoms with Gasteiger partial charge in [0.1, 0.15) is 68.9 Å². The predicted octanol–water partition coefficient (Wildman–Crippen LogP) is 18.3. The molecule has 5 aromatic carbocycles. The van der Waals surface area contributed by atoms with Gasteiger partial charge in [-0.15, -0.1) is 0 Å². The van der Waals surface area contributed by atoms with Gasteiger partial charge in [-0.05, 0) is 125 Å². The minimum absolute atomic E-state index is 0.00394. The van der Waals surface area contributed by atoms with Crippen LogP contribution in [0.2, 0.25) is 25.1 Å². The summed E-state index contributed by atoms with van der Waals surface area (Å²) in [7, 11) is 0. The molecule has 670 valence electrons. The number of carbonyl (C=O) groups is 8. The molecule has 0 spiro atoms. The summed E-state index contributed by atoms with van der Waals surface area (Å²) in [5.41, 5.74) is 25.6. The summed E-state index contributed by atoms with van der Waals surface area (Å²) in [6.45, 7) is 11.0. The molecule has 5 amide bonds. The number of pyridine rings is 5. The smallest absolute Gasteiger partial charge is 0.339 e. The number of nitrogens with zero attached hydrogens (tertiary/aromatic N) is 18. The summed E-state index contributed by atoms with van der Waals surface area (Å²) in [6.07, 6.45) is 19.8. The zero-order valence-corrected chi connectivity index (χ0v) is 77.9. The normalized spacial score (nSPS) is 10.7. The molecule has 0 aliphatic heterocycles. The van der Waals surface area contributed by atoms with E-state index in [0.29, 0.717) is 142 Å². The number of ketones is 2. The topological polar surface area (TPSA) is 469 Å². The molecule has 0 saturated heterocycles. The number of carboxylic acid groups (broad SMARTS) is 1. The molecule has 133 heavy (non-hydrogen) atoms. The van der Waals surface area contributed by atoms with E-state index in [2.05, 4.69) is 113 Å². The Labute approximate surface area is 798 Å². The number of carbonyl (C=O) groups excluding carboxylic acids is 7. The molecule has 0 fully saturated rings. The molecule has 17 aromatic rings. The number of benzene rings is 5. The number of primary amides is 2. The van der Waals surface area contributed by atoms with Crippen LogP contribution in [0.4, 0.5) is 17.5 Å². The Morgan fingerprint density at radius 3 is 1.40 bits per heavy atom. The standard InChI is InChI=1S/C19H16ClN7O.C19H16ClN3O3.C18H12Br2ClN7O.2C18H15ClN4O2/c1-11-8-21-17(24-12(2)28)7-16(11)27-9-14(19-22-10-23-25-19)18(26-27)13-5-3-4-6-15(13)20;1-11-9-21-13(7-12(2)24)8-17(11)23-10-15(19(25)26)18(22-23)14-5-3-4-6-16(14)20;1-9(29)25-14-6-13(11(19)7-22-14)28-17(20)15(18-23-8-24-26-18)16(27-28)10-4-2-3-5-12(10)21;1-11(24)22-17-8-12(6-7-21-17)23-9-14(15(10-23)18(20)25)13-4-2-3-5-16(13)19;1-11(24)8-12-9-13(6-7-21-12)23-10-15(17(22-23)18(20)25)14-4-2-3-5-16(14)19/h3-10H,1-2H3,(H,21,24,28)(H,22,23,25);3-6,8-10H,7H2,1-2H3,(H,25,26);2-8H,1H3,(H,22,25,29)(H,23,24,26);2-10H,1H3,(H2,20,25)(H,21,22,24);2-7,9-10H,8H2,1H3,(H2,20,25). The number of nitrogens with two attached hydrogens (primary N) is 2. The number of aromatic carboxylic acids is 1. The molecule has 0 saturated carbocycles. The number of aromatic nitrogens is 20. The van der Waals surface area contributed by atoms with E-state index >= 15 is 0 Å². The first kappa shape index (κ1) is 95.4. The van der Waals surface area contributed by atoms with Gasteiger partial charge in [0.05, 0.1) is 64.7 Å². The molecule has 0 aliphatic rings. The molecule has 0 radical (unpaired) electrons. The van der Waals surface area contributed by atoms with E-state index < -0.39 is 17.8 Å². The summed E-state index contributed by atoms with van der Waals surface area (Å²) in [6, 6.07) is 48.4. The van der Waals surface area contributed by atoms with Crippen LogP contribution in [0.25, 0.3) is 107 Å². The van der Waals surface area contributed by atoms with Crippen molar-refractivity contribution in [1.82, 2.24) is 99.0 Å². The Hall–Kier alpha value is -15.2. The summed E-state index contributed by atoms with van der Waals surface area (Å²) >= 11 is 38.7. The molecule has 17 rings (SSSR count). The molecule has 10 N–H and O–H groups in total.